The fraction of sp³-hybridized carbons (Fsp3) is 0.500. The summed E-state index contributed by atoms with van der Waals surface area (Å²) < 4.78 is 5.85. The number of carboxylic acids is 1. The number of carbonyl (C=O) groups is 2. The van der Waals surface area contributed by atoms with Crippen molar-refractivity contribution in [3.05, 3.63) is 20.8 Å². The lowest BCUT2D eigenvalue weighted by Gasteiger charge is -2.23. The Morgan fingerprint density at radius 2 is 2.21 bits per heavy atom. The molecule has 1 amide bonds. The molecule has 0 radical (unpaired) electrons. The van der Waals surface area contributed by atoms with E-state index in [1.54, 1.807) is 6.92 Å². The van der Waals surface area contributed by atoms with E-state index in [1.165, 1.54) is 23.3 Å². The van der Waals surface area contributed by atoms with Gasteiger partial charge >= 0.3 is 5.97 Å². The quantitative estimate of drug-likeness (QED) is 0.819. The lowest BCUT2D eigenvalue weighted by Crippen LogP contribution is -2.40. The lowest BCUT2D eigenvalue weighted by atomic mass is 10.1. The molecule has 19 heavy (non-hydrogen) atoms. The zero-order chi connectivity index (χ0) is 14.4. The number of aliphatic carboxylic acids is 1. The van der Waals surface area contributed by atoms with Crippen LogP contribution in [0.1, 0.15) is 17.7 Å². The first-order valence-electron chi connectivity index (χ1n) is 5.70. The molecular formula is C12H16BrNO4S. The predicted molar refractivity (Wildman–Crippen MR) is 76.5 cm³/mol. The molecule has 106 valence electrons. The number of halogens is 1. The van der Waals surface area contributed by atoms with Crippen LogP contribution < -0.4 is 0 Å². The third kappa shape index (κ3) is 4.93. The van der Waals surface area contributed by atoms with E-state index in [-0.39, 0.29) is 24.9 Å². The third-order valence-electron chi connectivity index (χ3n) is 2.59. The summed E-state index contributed by atoms with van der Waals surface area (Å²) >= 11 is 4.82. The van der Waals surface area contributed by atoms with Gasteiger partial charge in [-0.05, 0) is 35.0 Å². The number of thiophene rings is 1. The maximum absolute atomic E-state index is 12.3. The Hall–Kier alpha value is -0.920. The maximum Gasteiger partial charge on any atom is 0.323 e. The van der Waals surface area contributed by atoms with Crippen molar-refractivity contribution in [3.8, 4) is 0 Å². The summed E-state index contributed by atoms with van der Waals surface area (Å²) in [7, 11) is 1.52. The van der Waals surface area contributed by atoms with Gasteiger partial charge in [-0.2, -0.15) is 0 Å². The Balaban J connectivity index is 2.76. The predicted octanol–water partition coefficient (Wildman–Crippen LogP) is 2.17. The van der Waals surface area contributed by atoms with E-state index in [4.69, 9.17) is 9.84 Å². The maximum atomic E-state index is 12.3. The topological polar surface area (TPSA) is 66.8 Å². The first-order valence-corrected chi connectivity index (χ1v) is 7.31. The molecule has 1 aromatic rings. The number of hydrogen-bond acceptors (Lipinski definition) is 4. The molecule has 0 aliphatic heterocycles. The van der Waals surface area contributed by atoms with Crippen LogP contribution in [0, 0.1) is 0 Å². The van der Waals surface area contributed by atoms with Crippen LogP contribution >= 0.6 is 27.3 Å². The first kappa shape index (κ1) is 16.1. The Bertz CT molecular complexity index is 449. The summed E-state index contributed by atoms with van der Waals surface area (Å²) in [5.41, 5.74) is 0. The molecule has 0 spiro atoms. The fourth-order valence-corrected chi connectivity index (χ4v) is 3.06. The number of carbonyl (C=O) groups excluding carboxylic acids is 1. The molecule has 1 rings (SSSR count). The molecule has 0 aliphatic rings. The Labute approximate surface area is 124 Å². The van der Waals surface area contributed by atoms with Crippen molar-refractivity contribution in [3.63, 3.8) is 0 Å². The van der Waals surface area contributed by atoms with Crippen molar-refractivity contribution in [2.75, 3.05) is 26.8 Å². The number of nitrogens with zero attached hydrogens (tertiary/aromatic N) is 1. The van der Waals surface area contributed by atoms with Crippen molar-refractivity contribution in [1.29, 1.82) is 0 Å². The molecule has 1 atom stereocenters. The molecule has 1 aromatic heterocycles. The average Bonchev–Trinajstić information content (AvgIpc) is 2.79. The minimum absolute atomic E-state index is 0.200. The lowest BCUT2D eigenvalue weighted by molar-refractivity contribution is -0.145. The Kier molecular flexibility index (Phi) is 6.47. The van der Waals surface area contributed by atoms with Gasteiger partial charge in [-0.15, -0.1) is 11.3 Å². The van der Waals surface area contributed by atoms with Crippen LogP contribution in [0.5, 0.6) is 0 Å². The molecule has 7 heteroatoms. The number of amides is 1. The van der Waals surface area contributed by atoms with Crippen LogP contribution in [-0.2, 0) is 14.3 Å². The molecule has 0 aromatic carbocycles. The van der Waals surface area contributed by atoms with Crippen molar-refractivity contribution >= 4 is 39.1 Å². The molecule has 0 saturated heterocycles. The molecule has 1 unspecified atom stereocenters. The van der Waals surface area contributed by atoms with Crippen LogP contribution in [0.4, 0.5) is 0 Å². The molecule has 0 bridgehead atoms. The van der Waals surface area contributed by atoms with Crippen LogP contribution in [0.3, 0.4) is 0 Å². The van der Waals surface area contributed by atoms with Gasteiger partial charge in [0.2, 0.25) is 5.91 Å². The minimum Gasteiger partial charge on any atom is -0.480 e. The van der Waals surface area contributed by atoms with Gasteiger partial charge in [-0.25, -0.2) is 0 Å². The highest BCUT2D eigenvalue weighted by molar-refractivity contribution is 9.11. The van der Waals surface area contributed by atoms with Gasteiger partial charge in [0, 0.05) is 18.5 Å². The summed E-state index contributed by atoms with van der Waals surface area (Å²) in [5, 5.41) is 8.85. The van der Waals surface area contributed by atoms with E-state index in [2.05, 4.69) is 15.9 Å². The van der Waals surface area contributed by atoms with E-state index in [0.717, 1.165) is 8.66 Å². The second-order valence-corrected chi connectivity index (χ2v) is 6.50. The van der Waals surface area contributed by atoms with Gasteiger partial charge in [-0.1, -0.05) is 0 Å². The van der Waals surface area contributed by atoms with Crippen molar-refractivity contribution in [2.24, 2.45) is 0 Å². The molecule has 1 N–H and O–H groups in total. The summed E-state index contributed by atoms with van der Waals surface area (Å²) in [6, 6.07) is 3.74. The molecule has 0 fully saturated rings. The summed E-state index contributed by atoms with van der Waals surface area (Å²) in [4.78, 5) is 25.3. The monoisotopic (exact) mass is 349 g/mol. The van der Waals surface area contributed by atoms with E-state index >= 15 is 0 Å². The zero-order valence-corrected chi connectivity index (χ0v) is 13.2. The molecule has 5 nitrogen and oxygen atoms in total. The van der Waals surface area contributed by atoms with E-state index in [0.29, 0.717) is 6.61 Å². The van der Waals surface area contributed by atoms with Gasteiger partial charge in [0.05, 0.1) is 16.3 Å². The van der Waals surface area contributed by atoms with Crippen LogP contribution in [0.25, 0.3) is 0 Å². The zero-order valence-electron chi connectivity index (χ0n) is 10.8. The Morgan fingerprint density at radius 3 is 2.68 bits per heavy atom. The van der Waals surface area contributed by atoms with Gasteiger partial charge in [-0.3, -0.25) is 9.59 Å². The largest absolute Gasteiger partial charge is 0.480 e. The minimum atomic E-state index is -1.02. The second kappa shape index (κ2) is 7.62. The summed E-state index contributed by atoms with van der Waals surface area (Å²) in [5.74, 6) is -1.58. The summed E-state index contributed by atoms with van der Waals surface area (Å²) in [6.45, 7) is 2.07. The van der Waals surface area contributed by atoms with Gasteiger partial charge in [0.1, 0.15) is 6.54 Å². The highest BCUT2D eigenvalue weighted by Gasteiger charge is 2.24. The van der Waals surface area contributed by atoms with Gasteiger partial charge < -0.3 is 14.7 Å². The van der Waals surface area contributed by atoms with Gasteiger partial charge in [0.15, 0.2) is 0 Å². The number of ether oxygens (including phenoxy) is 1. The average molecular weight is 350 g/mol. The number of hydrogen-bond donors (Lipinski definition) is 1. The van der Waals surface area contributed by atoms with Crippen LogP contribution in [0.15, 0.2) is 15.9 Å². The van der Waals surface area contributed by atoms with Crippen LogP contribution in [-0.4, -0.2) is 48.7 Å². The first-order chi connectivity index (χ1) is 8.95. The Morgan fingerprint density at radius 1 is 1.53 bits per heavy atom. The van der Waals surface area contributed by atoms with Crippen molar-refractivity contribution in [2.45, 2.75) is 12.8 Å². The van der Waals surface area contributed by atoms with Crippen LogP contribution in [0.2, 0.25) is 0 Å². The van der Waals surface area contributed by atoms with Crippen molar-refractivity contribution < 1.29 is 19.4 Å². The fourth-order valence-electron chi connectivity index (χ4n) is 1.59. The van der Waals surface area contributed by atoms with E-state index in [1.807, 2.05) is 12.1 Å². The number of rotatable bonds is 7. The molecular weight excluding hydrogens is 334 g/mol. The van der Waals surface area contributed by atoms with Crippen molar-refractivity contribution in [1.82, 2.24) is 4.90 Å². The SMILES string of the molecule is COCCN(CC(=O)O)C(=O)C(C)c1ccc(Br)s1. The van der Waals surface area contributed by atoms with E-state index in [9.17, 15) is 9.59 Å². The van der Waals surface area contributed by atoms with E-state index < -0.39 is 5.97 Å². The normalized spacial score (nSPS) is 12.2. The standard InChI is InChI=1S/C12H16BrNO4S/c1-8(9-3-4-10(13)19-9)12(17)14(5-6-18-2)7-11(15)16/h3-4,8H,5-7H2,1-2H3,(H,15,16). The van der Waals surface area contributed by atoms with Gasteiger partial charge in [0.25, 0.3) is 0 Å². The summed E-state index contributed by atoms with van der Waals surface area (Å²) in [6.07, 6.45) is 0. The number of methoxy groups -OCH3 is 1. The molecule has 0 aliphatic carbocycles. The molecule has 0 saturated carbocycles. The highest BCUT2D eigenvalue weighted by atomic mass is 79.9. The molecule has 1 heterocycles. The number of carboxylic acid groups (broad SMARTS) is 1. The third-order valence-corrected chi connectivity index (χ3v) is 4.40. The highest BCUT2D eigenvalue weighted by Crippen LogP contribution is 2.29. The second-order valence-electron chi connectivity index (χ2n) is 4.01. The smallest absolute Gasteiger partial charge is 0.323 e.